The molecular formula is C66H70N2O3. The molecule has 0 N–H and O–H groups in total. The van der Waals surface area contributed by atoms with E-state index >= 15 is 0 Å². The molecule has 0 saturated carbocycles. The summed E-state index contributed by atoms with van der Waals surface area (Å²) in [6, 6.07) is 67.5. The van der Waals surface area contributed by atoms with Crippen molar-refractivity contribution in [2.75, 3.05) is 9.80 Å². The molecular weight excluding hydrogens is 869 g/mol. The molecule has 0 atom stereocenters. The van der Waals surface area contributed by atoms with Gasteiger partial charge in [-0.1, -0.05) is 127 Å². The minimum atomic E-state index is -0.220. The Morgan fingerprint density at radius 1 is 0.408 bits per heavy atom. The molecule has 0 radical (unpaired) electrons. The summed E-state index contributed by atoms with van der Waals surface area (Å²) >= 11 is 0. The van der Waals surface area contributed by atoms with Crippen molar-refractivity contribution in [1.82, 2.24) is 0 Å². The number of ether oxygens (including phenoxy) is 2. The van der Waals surface area contributed by atoms with Crippen molar-refractivity contribution in [2.45, 2.75) is 111 Å². The molecule has 8 aromatic carbocycles. The molecule has 0 aromatic heterocycles. The van der Waals surface area contributed by atoms with E-state index in [1.165, 1.54) is 16.7 Å². The highest BCUT2D eigenvalue weighted by Crippen LogP contribution is 2.40. The number of nitrogens with zero attached hydrogens (tertiary/aromatic N) is 2. The van der Waals surface area contributed by atoms with Crippen LogP contribution in [0.25, 0.3) is 11.1 Å². The maximum Gasteiger partial charge on any atom is 0.193 e. The summed E-state index contributed by atoms with van der Waals surface area (Å²) in [5.74, 6) is 2.26. The summed E-state index contributed by atoms with van der Waals surface area (Å²) in [5, 5.41) is 0. The maximum atomic E-state index is 13.4. The van der Waals surface area contributed by atoms with E-state index in [2.05, 4.69) is 211 Å². The normalized spacial score (nSPS) is 11.5. The molecule has 0 amide bonds. The lowest BCUT2D eigenvalue weighted by Gasteiger charge is -2.28. The number of carbonyl (C=O) groups excluding carboxylic acids is 1. The van der Waals surface area contributed by atoms with Gasteiger partial charge in [-0.05, 0) is 201 Å². The molecule has 8 rings (SSSR count). The first-order valence-electron chi connectivity index (χ1n) is 25.7. The lowest BCUT2D eigenvalue weighted by atomic mass is 9.80. The minimum absolute atomic E-state index is 0.000526. The van der Waals surface area contributed by atoms with Gasteiger partial charge in [0.25, 0.3) is 0 Å². The Hall–Kier alpha value is -7.37. The molecule has 0 bridgehead atoms. The Labute approximate surface area is 423 Å². The number of ketones is 1. The highest BCUT2D eigenvalue weighted by atomic mass is 16.5. The quantitative estimate of drug-likeness (QED) is 0.0672. The molecule has 0 heterocycles. The second-order valence-electron chi connectivity index (χ2n) is 19.9. The summed E-state index contributed by atoms with van der Waals surface area (Å²) in [6.45, 7) is 17.7. The van der Waals surface area contributed by atoms with Crippen molar-refractivity contribution in [1.29, 1.82) is 0 Å². The van der Waals surface area contributed by atoms with Crippen molar-refractivity contribution in [2.24, 2.45) is 0 Å². The van der Waals surface area contributed by atoms with E-state index < -0.39 is 0 Å². The van der Waals surface area contributed by atoms with Crippen LogP contribution in [0.15, 0.2) is 194 Å². The van der Waals surface area contributed by atoms with Gasteiger partial charge >= 0.3 is 0 Å². The van der Waals surface area contributed by atoms with Crippen LogP contribution in [0.5, 0.6) is 17.2 Å². The Balaban J connectivity index is 0.992. The van der Waals surface area contributed by atoms with E-state index in [-0.39, 0.29) is 16.8 Å². The number of aryl methyl sites for hydroxylation is 2. The van der Waals surface area contributed by atoms with Crippen molar-refractivity contribution in [3.63, 3.8) is 0 Å². The van der Waals surface area contributed by atoms with Crippen LogP contribution < -0.4 is 19.3 Å². The minimum Gasteiger partial charge on any atom is -0.488 e. The van der Waals surface area contributed by atoms with Gasteiger partial charge < -0.3 is 19.3 Å². The lowest BCUT2D eigenvalue weighted by molar-refractivity contribution is 0.0967. The van der Waals surface area contributed by atoms with E-state index in [9.17, 15) is 4.79 Å². The second-order valence-corrected chi connectivity index (χ2v) is 19.9. The molecule has 0 unspecified atom stereocenters. The van der Waals surface area contributed by atoms with Gasteiger partial charge in [-0.2, -0.15) is 0 Å². The van der Waals surface area contributed by atoms with Gasteiger partial charge in [0.05, 0.1) is 0 Å². The van der Waals surface area contributed by atoms with Crippen LogP contribution in [0.4, 0.5) is 34.1 Å². The zero-order valence-electron chi connectivity index (χ0n) is 43.0. The Morgan fingerprint density at radius 2 is 0.761 bits per heavy atom. The Kier molecular flexibility index (Phi) is 15.9. The van der Waals surface area contributed by atoms with Gasteiger partial charge in [-0.3, -0.25) is 4.79 Å². The molecule has 0 aliphatic rings. The first-order chi connectivity index (χ1) is 34.4. The first kappa shape index (κ1) is 50.0. The molecule has 5 nitrogen and oxygen atoms in total. The highest BCUT2D eigenvalue weighted by molar-refractivity contribution is 6.09. The molecule has 0 fully saturated rings. The van der Waals surface area contributed by atoms with Gasteiger partial charge in [-0.25, -0.2) is 0 Å². The molecule has 5 heteroatoms. The predicted octanol–water partition coefficient (Wildman–Crippen LogP) is 18.9. The average molecular weight is 939 g/mol. The van der Waals surface area contributed by atoms with Gasteiger partial charge in [0.15, 0.2) is 5.78 Å². The Morgan fingerprint density at radius 3 is 1.14 bits per heavy atom. The van der Waals surface area contributed by atoms with Crippen molar-refractivity contribution < 1.29 is 14.3 Å². The van der Waals surface area contributed by atoms with Crippen LogP contribution in [0, 0.1) is 0 Å². The third kappa shape index (κ3) is 12.3. The molecule has 8 aromatic rings. The fourth-order valence-electron chi connectivity index (χ4n) is 9.38. The van der Waals surface area contributed by atoms with Crippen molar-refractivity contribution >= 4 is 39.9 Å². The zero-order chi connectivity index (χ0) is 50.0. The summed E-state index contributed by atoms with van der Waals surface area (Å²) in [6.07, 6.45) is 7.50. The topological polar surface area (TPSA) is 42.0 Å². The largest absolute Gasteiger partial charge is 0.488 e. The first-order valence-corrected chi connectivity index (χ1v) is 25.7. The lowest BCUT2D eigenvalue weighted by Crippen LogP contribution is -2.27. The zero-order valence-corrected chi connectivity index (χ0v) is 43.0. The van der Waals surface area contributed by atoms with E-state index in [1.807, 2.05) is 48.5 Å². The summed E-state index contributed by atoms with van der Waals surface area (Å²) in [4.78, 5) is 18.0. The number of hydrogen-bond donors (Lipinski definition) is 0. The van der Waals surface area contributed by atoms with E-state index in [4.69, 9.17) is 9.47 Å². The van der Waals surface area contributed by atoms with Crippen molar-refractivity contribution in [3.8, 4) is 28.4 Å². The third-order valence-electron chi connectivity index (χ3n) is 13.7. The van der Waals surface area contributed by atoms with E-state index in [0.717, 1.165) is 95.9 Å². The summed E-state index contributed by atoms with van der Waals surface area (Å²) < 4.78 is 12.8. The van der Waals surface area contributed by atoms with Crippen LogP contribution >= 0.6 is 0 Å². The SMILES string of the molecule is CCCCC(C)(C)Oc1ccc(N(c2ccc(CC)cc2)c2ccc(-c3ccc(N(c4ccc(CC)cc4)c4ccc(Oc5ccc(C(=O)c6ccc(C(C)(C)CCC)cc6)cc5)cc4)cc3)cc2)cc1. The number of unbranched alkanes of at least 4 members (excludes halogenated alkanes) is 1. The number of anilines is 6. The van der Waals surface area contributed by atoms with Gasteiger partial charge in [0.2, 0.25) is 0 Å². The molecule has 0 aliphatic carbocycles. The van der Waals surface area contributed by atoms with Crippen LogP contribution in [-0.4, -0.2) is 11.4 Å². The fourth-order valence-corrected chi connectivity index (χ4v) is 9.38. The number of carbonyl (C=O) groups is 1. The number of hydrogen-bond acceptors (Lipinski definition) is 5. The number of benzene rings is 8. The molecule has 0 spiro atoms. The second kappa shape index (κ2) is 22.6. The van der Waals surface area contributed by atoms with E-state index in [0.29, 0.717) is 22.6 Å². The third-order valence-corrected chi connectivity index (χ3v) is 13.7. The molecule has 71 heavy (non-hydrogen) atoms. The van der Waals surface area contributed by atoms with Gasteiger partial charge in [0, 0.05) is 45.3 Å². The van der Waals surface area contributed by atoms with Crippen LogP contribution in [0.2, 0.25) is 0 Å². The average Bonchev–Trinajstić information content (AvgIpc) is 3.40. The Bertz CT molecular complexity index is 2940. The molecule has 0 saturated heterocycles. The smallest absolute Gasteiger partial charge is 0.193 e. The monoisotopic (exact) mass is 939 g/mol. The summed E-state index contributed by atoms with van der Waals surface area (Å²) in [7, 11) is 0. The van der Waals surface area contributed by atoms with Crippen LogP contribution in [0.1, 0.15) is 120 Å². The van der Waals surface area contributed by atoms with E-state index in [1.54, 1.807) is 0 Å². The molecule has 0 aliphatic heterocycles. The standard InChI is InChI=1S/C66H70N2O3/c1-9-13-47-66(7,8)71-63-44-38-60(39-45-63)68(56-30-16-49(12-4)17-31-56)58-34-22-51(23-35-58)50-20-32-57(33-21-50)67(55-28-14-48(11-3)15-29-55)59-36-42-62(43-37-59)70-61-40-24-53(25-41-61)64(69)52-18-26-54(27-19-52)65(5,6)46-10-2/h14-45H,9-13,46-47H2,1-8H3. The highest BCUT2D eigenvalue weighted by Gasteiger charge is 2.22. The van der Waals surface area contributed by atoms with Crippen molar-refractivity contribution in [3.05, 3.63) is 222 Å². The predicted molar refractivity (Wildman–Crippen MR) is 299 cm³/mol. The molecule has 362 valence electrons. The van der Waals surface area contributed by atoms with Crippen LogP contribution in [0.3, 0.4) is 0 Å². The summed E-state index contributed by atoms with van der Waals surface area (Å²) in [5.41, 5.74) is 13.7. The number of rotatable bonds is 21. The van der Waals surface area contributed by atoms with Gasteiger partial charge in [0.1, 0.15) is 22.8 Å². The van der Waals surface area contributed by atoms with Crippen LogP contribution in [-0.2, 0) is 18.3 Å². The maximum absolute atomic E-state index is 13.4. The van der Waals surface area contributed by atoms with Gasteiger partial charge in [-0.15, -0.1) is 0 Å². The fraction of sp³-hybridized carbons (Fsp3) is 0.258.